The van der Waals surface area contributed by atoms with Crippen LogP contribution in [0.2, 0.25) is 0 Å². The van der Waals surface area contributed by atoms with Gasteiger partial charge in [-0.25, -0.2) is 0 Å². The molecule has 1 aromatic rings. The third kappa shape index (κ3) is 85.3. The number of esters is 15. The van der Waals surface area contributed by atoms with Crippen LogP contribution < -0.4 is 0 Å². The molecule has 0 saturated carbocycles. The Morgan fingerprint density at radius 3 is 0.391 bits per heavy atom. The predicted octanol–water partition coefficient (Wildman–Crippen LogP) is 17.7. The summed E-state index contributed by atoms with van der Waals surface area (Å²) in [7, 11) is 0. The molecule has 31 heteroatoms. The van der Waals surface area contributed by atoms with E-state index in [0.717, 1.165) is 44.1 Å². The van der Waals surface area contributed by atoms with Crippen LogP contribution in [0.25, 0.3) is 0 Å². The maximum Gasteiger partial charge on any atom is 0.306 e. The molecule has 0 spiro atoms. The van der Waals surface area contributed by atoms with Crippen molar-refractivity contribution in [1.82, 2.24) is 0 Å². The van der Waals surface area contributed by atoms with Crippen molar-refractivity contribution in [2.24, 2.45) is 0 Å². The first-order chi connectivity index (χ1) is 62.3. The summed E-state index contributed by atoms with van der Waals surface area (Å²) in [6.45, 7) is 4.37. The Labute approximate surface area is 761 Å². The highest BCUT2D eigenvalue weighted by Crippen LogP contribution is 2.17. The summed E-state index contributed by atoms with van der Waals surface area (Å²) in [4.78, 5) is 181. The van der Waals surface area contributed by atoms with E-state index in [0.29, 0.717) is 303 Å². The Morgan fingerprint density at radius 2 is 0.266 bits per heavy atom. The lowest BCUT2D eigenvalue weighted by molar-refractivity contribution is -0.146. The minimum absolute atomic E-state index is 0.126. The normalized spacial score (nSPS) is 10.9. The predicted molar refractivity (Wildman–Crippen MR) is 474 cm³/mol. The van der Waals surface area contributed by atoms with E-state index in [2.05, 4.69) is 0 Å². The Hall–Kier alpha value is -8.77. The van der Waals surface area contributed by atoms with Gasteiger partial charge in [0.05, 0.1) is 92.5 Å². The first-order valence-corrected chi connectivity index (χ1v) is 48.3. The Balaban J connectivity index is 1.80. The first-order valence-electron chi connectivity index (χ1n) is 48.3. The van der Waals surface area contributed by atoms with E-state index < -0.39 is 0 Å². The molecular formula is C97H158O31. The van der Waals surface area contributed by atoms with E-state index >= 15 is 0 Å². The number of carbonyl (C=O) groups is 15. The monoisotopic (exact) mass is 1820 g/mol. The summed E-state index contributed by atoms with van der Waals surface area (Å²) in [5.41, 5.74) is 0.946. The quantitative estimate of drug-likeness (QED) is 0.0359. The highest BCUT2D eigenvalue weighted by Gasteiger charge is 2.16. The third-order valence-electron chi connectivity index (χ3n) is 20.3. The van der Waals surface area contributed by atoms with Crippen LogP contribution in [0.5, 0.6) is 0 Å². The number of rotatable bonds is 91. The molecule has 1 rings (SSSR count). The molecular weight excluding hydrogens is 1660 g/mol. The standard InChI is InChI=1S/C97H158O31/c98-66-34-2-19-51-83(99)114-67-35-3-20-52-84(100)115-68-36-4-21-53-85(101)116-69-37-5-22-54-86(102)117-70-38-6-23-55-87(103)118-71-39-7-24-56-88(104)119-72-40-8-25-57-89(105)120-73-41-9-26-58-90(106)121-74-42-10-27-59-91(107)122-75-43-11-28-60-92(108)123-76-44-12-29-61-93(109)124-77-45-13-30-62-94(110)125-78-46-14-31-63-95(111)126-79-47-15-32-64-96(112)127-80-48-16-33-65-97(113)128-81-82-49-17-1-18-50-82/h1,17-18,49-50,98H,2-16,19-48,51-81H2. The van der Waals surface area contributed by atoms with Gasteiger partial charge in [0.1, 0.15) is 6.61 Å². The molecule has 0 heterocycles. The zero-order valence-corrected chi connectivity index (χ0v) is 77.3. The fraction of sp³-hybridized carbons (Fsp3) is 0.784. The molecule has 0 bridgehead atoms. The van der Waals surface area contributed by atoms with E-state index in [1.165, 1.54) is 0 Å². The molecule has 0 radical (unpaired) electrons. The molecule has 0 aliphatic rings. The molecule has 1 aromatic carbocycles. The molecule has 1 N–H and O–H groups in total. The van der Waals surface area contributed by atoms with Gasteiger partial charge in [-0.2, -0.15) is 0 Å². The van der Waals surface area contributed by atoms with Gasteiger partial charge in [-0.1, -0.05) is 36.8 Å². The number of ether oxygens (including phenoxy) is 15. The molecule has 0 amide bonds. The largest absolute Gasteiger partial charge is 0.466 e. The van der Waals surface area contributed by atoms with Gasteiger partial charge >= 0.3 is 89.5 Å². The fourth-order valence-electron chi connectivity index (χ4n) is 12.7. The SMILES string of the molecule is O=C(CCCCCO)OCCCCCC(=O)OCCCCCC(=O)OCCCCCC(=O)OCCCCCC(=O)OCCCCCC(=O)OCCCCCC(=O)OCCCCCC(=O)OCCCCCC(=O)OCCCCCC(=O)OCCCCCC(=O)OCCCCCC(=O)OCCCCCC(=O)OCCCCCC(=O)OCCCCCC(=O)OCc1ccccc1. The minimum Gasteiger partial charge on any atom is -0.466 e. The van der Waals surface area contributed by atoms with E-state index in [9.17, 15) is 71.9 Å². The highest BCUT2D eigenvalue weighted by molar-refractivity contribution is 5.74. The maximum atomic E-state index is 12.2. The lowest BCUT2D eigenvalue weighted by atomic mass is 10.2. The third-order valence-corrected chi connectivity index (χ3v) is 20.3. The number of benzene rings is 1. The van der Waals surface area contributed by atoms with Crippen LogP contribution in [0.4, 0.5) is 0 Å². The Kier molecular flexibility index (Phi) is 81.4. The van der Waals surface area contributed by atoms with Gasteiger partial charge in [0.15, 0.2) is 0 Å². The van der Waals surface area contributed by atoms with Crippen molar-refractivity contribution >= 4 is 89.5 Å². The van der Waals surface area contributed by atoms with Gasteiger partial charge in [-0.15, -0.1) is 0 Å². The summed E-state index contributed by atoms with van der Waals surface area (Å²) >= 11 is 0. The summed E-state index contributed by atoms with van der Waals surface area (Å²) in [5, 5.41) is 8.78. The van der Waals surface area contributed by atoms with E-state index in [4.69, 9.17) is 76.2 Å². The molecule has 0 fully saturated rings. The summed E-state index contributed by atoms with van der Waals surface area (Å²) in [6, 6.07) is 9.51. The number of carbonyl (C=O) groups excluding carboxylic acids is 15. The van der Waals surface area contributed by atoms with Crippen LogP contribution in [0, 0.1) is 0 Å². The van der Waals surface area contributed by atoms with Crippen LogP contribution >= 0.6 is 0 Å². The molecule has 0 aromatic heterocycles. The van der Waals surface area contributed by atoms with Crippen LogP contribution in [0.3, 0.4) is 0 Å². The average Bonchev–Trinajstić information content (AvgIpc) is 0.949. The van der Waals surface area contributed by atoms with Gasteiger partial charge in [0.25, 0.3) is 0 Å². The number of unbranched alkanes of at least 4 members (excludes halogenated alkanes) is 30. The zero-order valence-electron chi connectivity index (χ0n) is 77.3. The molecule has 31 nitrogen and oxygen atoms in total. The van der Waals surface area contributed by atoms with E-state index in [1.54, 1.807) is 0 Å². The van der Waals surface area contributed by atoms with E-state index in [1.807, 2.05) is 30.3 Å². The van der Waals surface area contributed by atoms with Gasteiger partial charge in [-0.05, 0) is 288 Å². The molecule has 0 atom stereocenters. The van der Waals surface area contributed by atoms with Gasteiger partial charge in [-0.3, -0.25) is 71.9 Å². The number of hydrogen-bond donors (Lipinski definition) is 1. The van der Waals surface area contributed by atoms with Crippen LogP contribution in [0.15, 0.2) is 30.3 Å². The van der Waals surface area contributed by atoms with Crippen molar-refractivity contribution in [2.75, 3.05) is 99.1 Å². The van der Waals surface area contributed by atoms with Crippen molar-refractivity contribution in [3.8, 4) is 0 Å². The summed E-state index contributed by atoms with van der Waals surface area (Å²) < 4.78 is 79.4. The van der Waals surface area contributed by atoms with Crippen LogP contribution in [0.1, 0.15) is 391 Å². The molecule has 0 aliphatic carbocycles. The van der Waals surface area contributed by atoms with Gasteiger partial charge < -0.3 is 76.2 Å². The topological polar surface area (TPSA) is 415 Å². The van der Waals surface area contributed by atoms with Crippen molar-refractivity contribution < 1.29 is 148 Å². The second-order valence-corrected chi connectivity index (χ2v) is 32.1. The molecule has 0 aliphatic heterocycles. The number of aliphatic hydroxyl groups excluding tert-OH is 1. The second-order valence-electron chi connectivity index (χ2n) is 32.1. The van der Waals surface area contributed by atoms with Gasteiger partial charge in [0, 0.05) is 103 Å². The van der Waals surface area contributed by atoms with Crippen molar-refractivity contribution in [3.05, 3.63) is 35.9 Å². The van der Waals surface area contributed by atoms with Crippen molar-refractivity contribution in [1.29, 1.82) is 0 Å². The van der Waals surface area contributed by atoms with Crippen LogP contribution in [-0.2, 0) is 150 Å². The number of hydrogen-bond acceptors (Lipinski definition) is 31. The summed E-state index contributed by atoms with van der Waals surface area (Å²) in [5.74, 6) is -4.17. The second kappa shape index (κ2) is 88.9. The van der Waals surface area contributed by atoms with Gasteiger partial charge in [0.2, 0.25) is 0 Å². The van der Waals surface area contributed by atoms with Crippen molar-refractivity contribution in [2.45, 2.75) is 392 Å². The smallest absolute Gasteiger partial charge is 0.306 e. The molecule has 128 heavy (non-hydrogen) atoms. The lowest BCUT2D eigenvalue weighted by Crippen LogP contribution is -2.09. The minimum atomic E-state index is -0.294. The zero-order chi connectivity index (χ0) is 93.1. The molecule has 0 saturated heterocycles. The Morgan fingerprint density at radius 1 is 0.148 bits per heavy atom. The lowest BCUT2D eigenvalue weighted by Gasteiger charge is -2.07. The van der Waals surface area contributed by atoms with Crippen LogP contribution in [-0.4, -0.2) is 194 Å². The summed E-state index contributed by atoms with van der Waals surface area (Å²) in [6.07, 6.45) is 34.3. The maximum absolute atomic E-state index is 12.2. The van der Waals surface area contributed by atoms with Crippen molar-refractivity contribution in [3.63, 3.8) is 0 Å². The highest BCUT2D eigenvalue weighted by atomic mass is 16.6. The molecule has 0 unspecified atom stereocenters. The van der Waals surface area contributed by atoms with E-state index in [-0.39, 0.29) is 239 Å². The fourth-order valence-corrected chi connectivity index (χ4v) is 12.7. The average molecular weight is 1820 g/mol. The first kappa shape index (κ1) is 117. The molecule has 732 valence electrons. The Bertz CT molecular complexity index is 2990. The number of aliphatic hydroxyl groups is 1.